The van der Waals surface area contributed by atoms with Crippen LogP contribution in [0.2, 0.25) is 0 Å². The zero-order chi connectivity index (χ0) is 22.7. The summed E-state index contributed by atoms with van der Waals surface area (Å²) in [5.41, 5.74) is 1.92. The van der Waals surface area contributed by atoms with Crippen molar-refractivity contribution < 1.29 is 14.3 Å². The lowest BCUT2D eigenvalue weighted by molar-refractivity contribution is -0.0764. The molecule has 1 amide bonds. The van der Waals surface area contributed by atoms with Crippen LogP contribution in [0.25, 0.3) is 10.8 Å². The van der Waals surface area contributed by atoms with E-state index in [1.165, 1.54) is 16.3 Å². The molecule has 0 saturated carbocycles. The first-order valence-corrected chi connectivity index (χ1v) is 11.9. The number of piperidine rings is 1. The molecule has 1 atom stereocenters. The molecule has 33 heavy (non-hydrogen) atoms. The molecule has 1 unspecified atom stereocenters. The topological polar surface area (TPSA) is 50.8 Å². The van der Waals surface area contributed by atoms with Crippen LogP contribution in [-0.4, -0.2) is 49.3 Å². The fourth-order valence-electron chi connectivity index (χ4n) is 5.32. The van der Waals surface area contributed by atoms with Crippen LogP contribution in [0.3, 0.4) is 0 Å². The third kappa shape index (κ3) is 4.75. The van der Waals surface area contributed by atoms with E-state index in [0.29, 0.717) is 12.1 Å². The van der Waals surface area contributed by atoms with Crippen LogP contribution in [0.5, 0.6) is 5.75 Å². The van der Waals surface area contributed by atoms with Gasteiger partial charge in [0.15, 0.2) is 0 Å². The van der Waals surface area contributed by atoms with Crippen LogP contribution in [0.15, 0.2) is 66.7 Å². The highest BCUT2D eigenvalue weighted by Gasteiger charge is 2.42. The lowest BCUT2D eigenvalue weighted by Gasteiger charge is -2.39. The number of hydrogen-bond donors (Lipinski definition) is 1. The highest BCUT2D eigenvalue weighted by molar-refractivity contribution is 5.94. The Morgan fingerprint density at radius 3 is 2.58 bits per heavy atom. The number of likely N-dealkylation sites (tertiary alicyclic amines) is 1. The van der Waals surface area contributed by atoms with Gasteiger partial charge in [-0.1, -0.05) is 48.5 Å². The summed E-state index contributed by atoms with van der Waals surface area (Å²) in [7, 11) is 1.75. The smallest absolute Gasteiger partial charge is 0.251 e. The minimum atomic E-state index is -0.0402. The van der Waals surface area contributed by atoms with E-state index >= 15 is 0 Å². The van der Waals surface area contributed by atoms with Gasteiger partial charge in [-0.3, -0.25) is 9.69 Å². The molecule has 2 aliphatic rings. The highest BCUT2D eigenvalue weighted by Crippen LogP contribution is 2.39. The van der Waals surface area contributed by atoms with Gasteiger partial charge in [0.05, 0.1) is 18.8 Å². The number of benzene rings is 3. The Bertz CT molecular complexity index is 1110. The molecule has 2 heterocycles. The molecule has 2 saturated heterocycles. The summed E-state index contributed by atoms with van der Waals surface area (Å²) < 4.78 is 12.2. The number of carbonyl (C=O) groups is 1. The largest absolute Gasteiger partial charge is 0.496 e. The first kappa shape index (κ1) is 21.9. The number of rotatable bonds is 6. The molecule has 0 radical (unpaired) electrons. The minimum absolute atomic E-state index is 0.0287. The molecular weight excluding hydrogens is 412 g/mol. The fraction of sp³-hybridized carbons (Fsp3) is 0.393. The van der Waals surface area contributed by atoms with Gasteiger partial charge in [0.1, 0.15) is 5.75 Å². The van der Waals surface area contributed by atoms with Crippen molar-refractivity contribution in [3.63, 3.8) is 0 Å². The van der Waals surface area contributed by atoms with E-state index in [-0.39, 0.29) is 17.6 Å². The van der Waals surface area contributed by atoms with Crippen LogP contribution in [-0.2, 0) is 11.3 Å². The number of ether oxygens (including phenoxy) is 2. The number of nitrogens with one attached hydrogen (secondary N) is 1. The van der Waals surface area contributed by atoms with Crippen LogP contribution >= 0.6 is 0 Å². The van der Waals surface area contributed by atoms with E-state index in [0.717, 1.165) is 51.1 Å². The Morgan fingerprint density at radius 1 is 1.03 bits per heavy atom. The normalized spacial score (nSPS) is 20.2. The van der Waals surface area contributed by atoms with Crippen LogP contribution in [0.1, 0.15) is 41.6 Å². The molecule has 1 N–H and O–H groups in total. The maximum atomic E-state index is 12.3. The predicted molar refractivity (Wildman–Crippen MR) is 131 cm³/mol. The van der Waals surface area contributed by atoms with Crippen LogP contribution in [0.4, 0.5) is 0 Å². The number of fused-ring (bicyclic) bond motifs is 1. The van der Waals surface area contributed by atoms with E-state index < -0.39 is 0 Å². The van der Waals surface area contributed by atoms with Gasteiger partial charge >= 0.3 is 0 Å². The fourth-order valence-corrected chi connectivity index (χ4v) is 5.32. The summed E-state index contributed by atoms with van der Waals surface area (Å²) in [6.45, 7) is 3.48. The van der Waals surface area contributed by atoms with Crippen molar-refractivity contribution in [1.82, 2.24) is 10.2 Å². The molecule has 0 aliphatic carbocycles. The number of hydrogen-bond acceptors (Lipinski definition) is 4. The summed E-state index contributed by atoms with van der Waals surface area (Å²) >= 11 is 0. The van der Waals surface area contributed by atoms with Crippen molar-refractivity contribution in [2.24, 2.45) is 0 Å². The van der Waals surface area contributed by atoms with Crippen molar-refractivity contribution >= 4 is 16.7 Å². The molecule has 172 valence electrons. The molecule has 5 nitrogen and oxygen atoms in total. The average molecular weight is 445 g/mol. The van der Waals surface area contributed by atoms with Gasteiger partial charge in [-0.25, -0.2) is 0 Å². The standard InChI is InChI=1S/C28H32N2O3/c1-32-26-12-11-21-7-5-6-10-24(21)25(26)20-30-17-15-28(16-18-30)14-13-23(33-28)19-29-27(31)22-8-3-2-4-9-22/h2-12,23H,13-20H2,1H3,(H,29,31). The monoisotopic (exact) mass is 444 g/mol. The lowest BCUT2D eigenvalue weighted by Crippen LogP contribution is -2.45. The minimum Gasteiger partial charge on any atom is -0.496 e. The molecule has 0 aromatic heterocycles. The van der Waals surface area contributed by atoms with Crippen molar-refractivity contribution in [2.75, 3.05) is 26.7 Å². The van der Waals surface area contributed by atoms with Gasteiger partial charge in [-0.05, 0) is 54.7 Å². The zero-order valence-corrected chi connectivity index (χ0v) is 19.3. The predicted octanol–water partition coefficient (Wildman–Crippen LogP) is 4.79. The quantitative estimate of drug-likeness (QED) is 0.594. The highest BCUT2D eigenvalue weighted by atomic mass is 16.5. The Hall–Kier alpha value is -2.89. The third-order valence-corrected chi connectivity index (χ3v) is 7.23. The lowest BCUT2D eigenvalue weighted by atomic mass is 9.88. The van der Waals surface area contributed by atoms with E-state index in [4.69, 9.17) is 9.47 Å². The van der Waals surface area contributed by atoms with Gasteiger partial charge in [-0.2, -0.15) is 0 Å². The van der Waals surface area contributed by atoms with Crippen LogP contribution < -0.4 is 10.1 Å². The first-order chi connectivity index (χ1) is 16.2. The Labute approximate surface area is 195 Å². The number of amides is 1. The maximum Gasteiger partial charge on any atom is 0.251 e. The summed E-state index contributed by atoms with van der Waals surface area (Å²) in [6, 6.07) is 22.1. The van der Waals surface area contributed by atoms with E-state index in [2.05, 4.69) is 46.6 Å². The first-order valence-electron chi connectivity index (χ1n) is 11.9. The van der Waals surface area contributed by atoms with Gasteiger partial charge in [0.25, 0.3) is 5.91 Å². The molecule has 1 spiro atoms. The molecule has 2 aliphatic heterocycles. The SMILES string of the molecule is COc1ccc2ccccc2c1CN1CCC2(CCC(CNC(=O)c3ccccc3)O2)CC1. The summed E-state index contributed by atoms with van der Waals surface area (Å²) in [6.07, 6.45) is 4.24. The Morgan fingerprint density at radius 2 is 1.79 bits per heavy atom. The second-order valence-electron chi connectivity index (χ2n) is 9.28. The molecule has 3 aromatic carbocycles. The van der Waals surface area contributed by atoms with Gasteiger partial charge in [-0.15, -0.1) is 0 Å². The van der Waals surface area contributed by atoms with Gasteiger partial charge in [0.2, 0.25) is 0 Å². The molecular formula is C28H32N2O3. The Balaban J connectivity index is 1.17. The molecule has 5 rings (SSSR count). The second-order valence-corrected chi connectivity index (χ2v) is 9.28. The zero-order valence-electron chi connectivity index (χ0n) is 19.3. The molecule has 3 aromatic rings. The second kappa shape index (κ2) is 9.54. The summed E-state index contributed by atoms with van der Waals surface area (Å²) in [4.78, 5) is 14.9. The number of carbonyl (C=O) groups excluding carboxylic acids is 1. The molecule has 0 bridgehead atoms. The number of nitrogens with zero attached hydrogens (tertiary/aromatic N) is 1. The van der Waals surface area contributed by atoms with E-state index in [9.17, 15) is 4.79 Å². The van der Waals surface area contributed by atoms with E-state index in [1.54, 1.807) is 7.11 Å². The van der Waals surface area contributed by atoms with Gasteiger partial charge in [0, 0.05) is 37.3 Å². The third-order valence-electron chi connectivity index (χ3n) is 7.23. The van der Waals surface area contributed by atoms with Crippen molar-refractivity contribution in [2.45, 2.75) is 43.9 Å². The van der Waals surface area contributed by atoms with Gasteiger partial charge < -0.3 is 14.8 Å². The van der Waals surface area contributed by atoms with Crippen LogP contribution in [0, 0.1) is 0 Å². The molecule has 5 heteroatoms. The van der Waals surface area contributed by atoms with Crippen molar-refractivity contribution in [1.29, 1.82) is 0 Å². The summed E-state index contributed by atoms with van der Waals surface area (Å²) in [5, 5.41) is 5.56. The molecule has 2 fully saturated rings. The van der Waals surface area contributed by atoms with Crippen molar-refractivity contribution in [3.05, 3.63) is 77.9 Å². The van der Waals surface area contributed by atoms with Crippen molar-refractivity contribution in [3.8, 4) is 5.75 Å². The summed E-state index contributed by atoms with van der Waals surface area (Å²) in [5.74, 6) is 0.930. The van der Waals surface area contributed by atoms with E-state index in [1.807, 2.05) is 30.3 Å². The average Bonchev–Trinajstić information content (AvgIpc) is 3.27. The Kier molecular flexibility index (Phi) is 6.34. The maximum absolute atomic E-state index is 12.3. The number of methoxy groups -OCH3 is 1.